The summed E-state index contributed by atoms with van der Waals surface area (Å²) in [5.41, 5.74) is 0. The van der Waals surface area contributed by atoms with Gasteiger partial charge in [-0.3, -0.25) is 9.59 Å². The van der Waals surface area contributed by atoms with Gasteiger partial charge in [0.05, 0.1) is 40.3 Å². The van der Waals surface area contributed by atoms with Gasteiger partial charge in [0.25, 0.3) is 0 Å². The van der Waals surface area contributed by atoms with Gasteiger partial charge in [0.2, 0.25) is 0 Å². The summed E-state index contributed by atoms with van der Waals surface area (Å²) in [4.78, 5) is 36.9. The van der Waals surface area contributed by atoms with E-state index in [1.807, 2.05) is 48.6 Å². The average Bonchev–Trinajstić information content (AvgIpc) is 3.22. The SMILES string of the molecule is CC/C=C/C=C/C=C/C=C/C=C/CCCCCC(=O)OCC(COCCC(C(=O)[O-])[N+](C)(C)C)OC(=O)CCCCCCCC/C=C/C/C=C/C/C=C/C/C=C/C/C=C/CC. The predicted molar refractivity (Wildman–Crippen MR) is 254 cm³/mol. The number of carbonyl (C=O) groups excluding carboxylic acids is 3. The van der Waals surface area contributed by atoms with Crippen molar-refractivity contribution >= 4 is 17.9 Å². The highest BCUT2D eigenvalue weighted by Crippen LogP contribution is 2.12. The number of nitrogens with zero attached hydrogens (tertiary/aromatic N) is 1. The molecule has 0 radical (unpaired) electrons. The molecule has 8 nitrogen and oxygen atoms in total. The molecule has 0 N–H and O–H groups in total. The second kappa shape index (κ2) is 42.4. The van der Waals surface area contributed by atoms with E-state index in [4.69, 9.17) is 14.2 Å². The Morgan fingerprint density at radius 2 is 0.951 bits per heavy atom. The molecule has 0 spiro atoms. The van der Waals surface area contributed by atoms with E-state index in [2.05, 4.69) is 86.8 Å². The van der Waals surface area contributed by atoms with Crippen molar-refractivity contribution in [3.8, 4) is 0 Å². The normalized spacial score (nSPS) is 14.0. The van der Waals surface area contributed by atoms with Crippen LogP contribution in [-0.4, -0.2) is 75.5 Å². The zero-order valence-electron chi connectivity index (χ0n) is 38.8. The number of hydrogen-bond acceptors (Lipinski definition) is 7. The molecule has 0 heterocycles. The smallest absolute Gasteiger partial charge is 0.306 e. The van der Waals surface area contributed by atoms with Gasteiger partial charge in [0.15, 0.2) is 6.10 Å². The Bertz CT molecular complexity index is 1400. The van der Waals surface area contributed by atoms with E-state index in [1.54, 1.807) is 21.1 Å². The van der Waals surface area contributed by atoms with E-state index in [1.165, 1.54) is 6.42 Å². The fourth-order valence-corrected chi connectivity index (χ4v) is 5.94. The van der Waals surface area contributed by atoms with E-state index in [0.29, 0.717) is 6.42 Å². The molecule has 0 bridgehead atoms. The van der Waals surface area contributed by atoms with Crippen LogP contribution in [0.1, 0.15) is 142 Å². The first-order valence-electron chi connectivity index (χ1n) is 23.1. The molecule has 2 unspecified atom stereocenters. The van der Waals surface area contributed by atoms with Crippen LogP contribution in [0.3, 0.4) is 0 Å². The summed E-state index contributed by atoms with van der Waals surface area (Å²) in [7, 11) is 5.37. The zero-order valence-corrected chi connectivity index (χ0v) is 38.8. The summed E-state index contributed by atoms with van der Waals surface area (Å²) < 4.78 is 17.1. The van der Waals surface area contributed by atoms with E-state index < -0.39 is 18.1 Å². The number of likely N-dealkylation sites (N-methyl/N-ethyl adjacent to an activating group) is 1. The maximum absolute atomic E-state index is 12.8. The van der Waals surface area contributed by atoms with E-state index in [9.17, 15) is 19.5 Å². The van der Waals surface area contributed by atoms with Gasteiger partial charge < -0.3 is 28.6 Å². The molecule has 8 heteroatoms. The Morgan fingerprint density at radius 3 is 1.49 bits per heavy atom. The fraction of sp³-hybridized carbons (Fsp3) is 0.566. The third kappa shape index (κ3) is 40.9. The molecule has 0 amide bonds. The van der Waals surface area contributed by atoms with Gasteiger partial charge >= 0.3 is 11.9 Å². The molecule has 61 heavy (non-hydrogen) atoms. The Kier molecular flexibility index (Phi) is 39.5. The number of esters is 2. The van der Waals surface area contributed by atoms with Crippen LogP contribution < -0.4 is 5.11 Å². The van der Waals surface area contributed by atoms with Crippen molar-refractivity contribution in [3.05, 3.63) is 122 Å². The van der Waals surface area contributed by atoms with Crippen LogP contribution >= 0.6 is 0 Å². The maximum Gasteiger partial charge on any atom is 0.306 e. The van der Waals surface area contributed by atoms with Gasteiger partial charge in [-0.2, -0.15) is 0 Å². The van der Waals surface area contributed by atoms with Crippen LogP contribution in [0.15, 0.2) is 122 Å². The van der Waals surface area contributed by atoms with Crippen LogP contribution in [0.5, 0.6) is 0 Å². The highest BCUT2D eigenvalue weighted by atomic mass is 16.6. The van der Waals surface area contributed by atoms with Crippen LogP contribution in [0.4, 0.5) is 0 Å². The first-order chi connectivity index (χ1) is 29.6. The van der Waals surface area contributed by atoms with Gasteiger partial charge in [0.1, 0.15) is 12.6 Å². The van der Waals surface area contributed by atoms with Crippen LogP contribution in [0.25, 0.3) is 0 Å². The lowest BCUT2D eigenvalue weighted by atomic mass is 10.1. The van der Waals surface area contributed by atoms with Crippen molar-refractivity contribution in [2.24, 2.45) is 0 Å². The van der Waals surface area contributed by atoms with Crippen molar-refractivity contribution in [1.82, 2.24) is 0 Å². The molecule has 0 aliphatic rings. The van der Waals surface area contributed by atoms with E-state index in [-0.39, 0.29) is 55.5 Å². The minimum Gasteiger partial charge on any atom is -0.544 e. The summed E-state index contributed by atoms with van der Waals surface area (Å²) in [5, 5.41) is 11.6. The molecule has 0 aromatic carbocycles. The summed E-state index contributed by atoms with van der Waals surface area (Å²) in [6.07, 6.45) is 59.4. The molecular formula is C53H83NO7. The van der Waals surface area contributed by atoms with Gasteiger partial charge in [0, 0.05) is 19.3 Å². The van der Waals surface area contributed by atoms with E-state index >= 15 is 0 Å². The van der Waals surface area contributed by atoms with Gasteiger partial charge in [-0.1, -0.05) is 167 Å². The molecule has 2 atom stereocenters. The quantitative estimate of drug-likeness (QED) is 0.0200. The molecule has 0 fully saturated rings. The third-order valence-electron chi connectivity index (χ3n) is 9.47. The van der Waals surface area contributed by atoms with Crippen molar-refractivity contribution in [3.63, 3.8) is 0 Å². The molecule has 342 valence electrons. The number of ether oxygens (including phenoxy) is 3. The van der Waals surface area contributed by atoms with Crippen molar-refractivity contribution in [2.75, 3.05) is 41.0 Å². The summed E-state index contributed by atoms with van der Waals surface area (Å²) in [6.45, 7) is 4.31. The number of rotatable bonds is 39. The lowest BCUT2D eigenvalue weighted by Gasteiger charge is -2.34. The Labute approximate surface area is 371 Å². The van der Waals surface area contributed by atoms with Crippen molar-refractivity contribution < 1.29 is 38.2 Å². The number of carboxylic acid groups (broad SMARTS) is 1. The summed E-state index contributed by atoms with van der Waals surface area (Å²) in [6, 6.07) is -0.744. The third-order valence-corrected chi connectivity index (χ3v) is 9.47. The van der Waals surface area contributed by atoms with Gasteiger partial charge in [-0.25, -0.2) is 0 Å². The monoisotopic (exact) mass is 846 g/mol. The Hall–Kier alpha value is -4.27. The first-order valence-corrected chi connectivity index (χ1v) is 23.1. The lowest BCUT2D eigenvalue weighted by Crippen LogP contribution is -2.55. The standard InChI is InChI=1S/C53H83NO7/c1-6-8-10-12-14-16-18-20-22-23-24-25-26-27-28-30-32-34-36-38-40-42-44-52(56)61-49(47-59-46-45-50(53(57)58)54(3,4)5)48-60-51(55)43-41-39-37-35-33-31-29-21-19-17-15-13-11-9-7-2/h8-11,13-17,19-22,24-25,27-29,31,33,49-50H,6-7,12,18,23,26,30,32,34-48H2,1-5H3/b10-8+,11-9+,15-13+,16-14+,19-17+,22-20+,25-24+,28-27+,29-21+,33-31+. The molecule has 0 rings (SSSR count). The highest BCUT2D eigenvalue weighted by Gasteiger charge is 2.25. The second-order valence-corrected chi connectivity index (χ2v) is 16.0. The second-order valence-electron chi connectivity index (χ2n) is 16.0. The number of allylic oxidation sites excluding steroid dienone is 20. The molecule has 0 aliphatic carbocycles. The Balaban J connectivity index is 4.43. The number of unbranched alkanes of at least 4 members (excludes halogenated alkanes) is 9. The number of aliphatic carboxylic acids is 1. The summed E-state index contributed by atoms with van der Waals surface area (Å²) in [5.74, 6) is -1.83. The highest BCUT2D eigenvalue weighted by molar-refractivity contribution is 5.70. The first kappa shape index (κ1) is 56.7. The molecule has 0 aromatic heterocycles. The van der Waals surface area contributed by atoms with Gasteiger partial charge in [-0.05, 0) is 77.0 Å². The average molecular weight is 846 g/mol. The largest absolute Gasteiger partial charge is 0.544 e. The number of carboxylic acids is 1. The molecule has 0 aromatic rings. The number of quaternary nitrogens is 1. The minimum atomic E-state index is -1.14. The predicted octanol–water partition coefficient (Wildman–Crippen LogP) is 11.7. The van der Waals surface area contributed by atoms with E-state index in [0.717, 1.165) is 96.3 Å². The van der Waals surface area contributed by atoms with Crippen LogP contribution in [-0.2, 0) is 28.6 Å². The molecule has 0 saturated carbocycles. The number of hydrogen-bond donors (Lipinski definition) is 0. The van der Waals surface area contributed by atoms with Gasteiger partial charge in [-0.15, -0.1) is 0 Å². The van der Waals surface area contributed by atoms with Crippen LogP contribution in [0, 0.1) is 0 Å². The van der Waals surface area contributed by atoms with Crippen molar-refractivity contribution in [2.45, 2.75) is 154 Å². The zero-order chi connectivity index (χ0) is 44.9. The number of carbonyl (C=O) groups is 3. The maximum atomic E-state index is 12.8. The van der Waals surface area contributed by atoms with Crippen LogP contribution in [0.2, 0.25) is 0 Å². The Morgan fingerprint density at radius 1 is 0.508 bits per heavy atom. The lowest BCUT2D eigenvalue weighted by molar-refractivity contribution is -0.889. The topological polar surface area (TPSA) is 102 Å². The summed E-state index contributed by atoms with van der Waals surface area (Å²) >= 11 is 0. The molecular weight excluding hydrogens is 763 g/mol. The minimum absolute atomic E-state index is 0.0113. The molecule has 0 aliphatic heterocycles. The van der Waals surface area contributed by atoms with Crippen molar-refractivity contribution in [1.29, 1.82) is 0 Å². The molecule has 0 saturated heterocycles. The fourth-order valence-electron chi connectivity index (χ4n) is 5.94.